The quantitative estimate of drug-likeness (QED) is 0.172. The largest absolute Gasteiger partial charge is 0.310 e. The molecule has 52 heavy (non-hydrogen) atoms. The van der Waals surface area contributed by atoms with Gasteiger partial charge in [-0.1, -0.05) is 164 Å². The normalized spacial score (nSPS) is 11.5. The van der Waals surface area contributed by atoms with Gasteiger partial charge in [-0.15, -0.1) is 0 Å². The zero-order valence-corrected chi connectivity index (χ0v) is 28.5. The van der Waals surface area contributed by atoms with Crippen LogP contribution in [0.3, 0.4) is 0 Å². The van der Waals surface area contributed by atoms with Gasteiger partial charge in [-0.05, 0) is 75.1 Å². The highest BCUT2D eigenvalue weighted by Crippen LogP contribution is 2.44. The van der Waals surface area contributed by atoms with E-state index in [1.165, 1.54) is 60.1 Å². The van der Waals surface area contributed by atoms with E-state index in [-0.39, 0.29) is 0 Å². The molecule has 2 nitrogen and oxygen atoms in total. The first-order chi connectivity index (χ1) is 25.8. The fourth-order valence-corrected chi connectivity index (χ4v) is 7.99. The minimum Gasteiger partial charge on any atom is -0.310 e. The van der Waals surface area contributed by atoms with E-state index in [4.69, 9.17) is 0 Å². The number of benzene rings is 9. The van der Waals surface area contributed by atoms with E-state index >= 15 is 0 Å². The highest BCUT2D eigenvalue weighted by Gasteiger charge is 2.21. The predicted octanol–water partition coefficient (Wildman–Crippen LogP) is 13.9. The summed E-state index contributed by atoms with van der Waals surface area (Å²) >= 11 is 0. The maximum atomic E-state index is 2.47. The Labute approximate surface area is 303 Å². The molecule has 0 N–H and O–H groups in total. The molecule has 0 bridgehead atoms. The van der Waals surface area contributed by atoms with Crippen molar-refractivity contribution in [2.45, 2.75) is 0 Å². The third-order valence-electron chi connectivity index (χ3n) is 10.4. The van der Waals surface area contributed by atoms with Gasteiger partial charge in [0.25, 0.3) is 0 Å². The van der Waals surface area contributed by atoms with Crippen LogP contribution in [0.1, 0.15) is 0 Å². The van der Waals surface area contributed by atoms with Crippen molar-refractivity contribution >= 4 is 60.4 Å². The van der Waals surface area contributed by atoms with Crippen LogP contribution in [-0.4, -0.2) is 4.57 Å². The van der Waals surface area contributed by atoms with Gasteiger partial charge in [0.1, 0.15) is 0 Å². The van der Waals surface area contributed by atoms with Crippen LogP contribution in [0.2, 0.25) is 0 Å². The molecule has 1 aromatic heterocycles. The fraction of sp³-hybridized carbons (Fsp3) is 0. The zero-order valence-electron chi connectivity index (χ0n) is 28.5. The smallest absolute Gasteiger partial charge is 0.0562 e. The molecule has 0 aliphatic heterocycles. The maximum Gasteiger partial charge on any atom is 0.0562 e. The molecule has 0 aliphatic carbocycles. The Balaban J connectivity index is 1.26. The first kappa shape index (κ1) is 30.0. The molecule has 0 atom stereocenters. The van der Waals surface area contributed by atoms with Crippen molar-refractivity contribution in [2.24, 2.45) is 0 Å². The Morgan fingerprint density at radius 3 is 1.81 bits per heavy atom. The van der Waals surface area contributed by atoms with Crippen LogP contribution in [0.25, 0.3) is 71.3 Å². The van der Waals surface area contributed by atoms with Gasteiger partial charge in [-0.25, -0.2) is 0 Å². The standard InChI is InChI=1S/C50H34N2/c1-2-16-37(17-3-1)42-22-8-11-26-47(42)51(39-30-29-35-15-4-5-19-38(35)33-39)40-31-32-46-45-24-10-13-28-49(45)52(50(46)34-40)48-27-12-9-23-44(48)43-25-14-20-36-18-6-7-21-41(36)43/h1-34H. The Bertz CT molecular complexity index is 2910. The van der Waals surface area contributed by atoms with Gasteiger partial charge >= 0.3 is 0 Å². The fourth-order valence-electron chi connectivity index (χ4n) is 7.99. The number of hydrogen-bond acceptors (Lipinski definition) is 1. The molecule has 0 saturated carbocycles. The molecule has 0 unspecified atom stereocenters. The van der Waals surface area contributed by atoms with Crippen LogP contribution < -0.4 is 4.90 Å². The van der Waals surface area contributed by atoms with E-state index < -0.39 is 0 Å². The molecule has 244 valence electrons. The molecular weight excluding hydrogens is 629 g/mol. The minimum atomic E-state index is 1.10. The van der Waals surface area contributed by atoms with Gasteiger partial charge in [0.05, 0.1) is 22.4 Å². The summed E-state index contributed by atoms with van der Waals surface area (Å²) in [5.41, 5.74) is 11.6. The van der Waals surface area contributed by atoms with Crippen LogP contribution in [0, 0.1) is 0 Å². The molecule has 10 aromatic rings. The summed E-state index contributed by atoms with van der Waals surface area (Å²) in [6, 6.07) is 74.8. The van der Waals surface area contributed by atoms with Crippen molar-refractivity contribution in [2.75, 3.05) is 4.90 Å². The van der Waals surface area contributed by atoms with E-state index in [9.17, 15) is 0 Å². The molecule has 10 rings (SSSR count). The van der Waals surface area contributed by atoms with E-state index in [1.54, 1.807) is 0 Å². The van der Waals surface area contributed by atoms with Crippen LogP contribution in [0.5, 0.6) is 0 Å². The lowest BCUT2D eigenvalue weighted by atomic mass is 9.97. The zero-order chi connectivity index (χ0) is 34.4. The predicted molar refractivity (Wildman–Crippen MR) is 221 cm³/mol. The van der Waals surface area contributed by atoms with Gasteiger partial charge in [0.15, 0.2) is 0 Å². The number of rotatable bonds is 6. The molecule has 0 aliphatic rings. The third-order valence-corrected chi connectivity index (χ3v) is 10.4. The lowest BCUT2D eigenvalue weighted by Crippen LogP contribution is -2.11. The number of aromatic nitrogens is 1. The molecule has 0 radical (unpaired) electrons. The second-order valence-corrected chi connectivity index (χ2v) is 13.3. The summed E-state index contributed by atoms with van der Waals surface area (Å²) in [5, 5.41) is 7.38. The third kappa shape index (κ3) is 4.96. The van der Waals surface area contributed by atoms with Crippen molar-refractivity contribution in [1.82, 2.24) is 4.57 Å². The van der Waals surface area contributed by atoms with Crippen LogP contribution >= 0.6 is 0 Å². The molecule has 2 heteroatoms. The SMILES string of the molecule is c1ccc(-c2ccccc2N(c2ccc3ccccc3c2)c2ccc3c4ccccc4n(-c4ccccc4-c4cccc5ccccc45)c3c2)cc1. The highest BCUT2D eigenvalue weighted by molar-refractivity contribution is 6.11. The molecule has 0 fully saturated rings. The van der Waals surface area contributed by atoms with Crippen molar-refractivity contribution < 1.29 is 0 Å². The van der Waals surface area contributed by atoms with Gasteiger partial charge in [-0.3, -0.25) is 0 Å². The topological polar surface area (TPSA) is 8.17 Å². The van der Waals surface area contributed by atoms with Crippen LogP contribution in [-0.2, 0) is 0 Å². The first-order valence-electron chi connectivity index (χ1n) is 17.9. The van der Waals surface area contributed by atoms with Gasteiger partial charge < -0.3 is 9.47 Å². The molecule has 9 aromatic carbocycles. The van der Waals surface area contributed by atoms with E-state index in [0.29, 0.717) is 0 Å². The van der Waals surface area contributed by atoms with E-state index in [0.717, 1.165) is 28.3 Å². The molecule has 0 amide bonds. The molecule has 0 spiro atoms. The van der Waals surface area contributed by atoms with Gasteiger partial charge in [-0.2, -0.15) is 0 Å². The number of hydrogen-bond donors (Lipinski definition) is 0. The number of fused-ring (bicyclic) bond motifs is 5. The summed E-state index contributed by atoms with van der Waals surface area (Å²) in [7, 11) is 0. The summed E-state index contributed by atoms with van der Waals surface area (Å²) in [4.78, 5) is 2.42. The molecule has 0 saturated heterocycles. The minimum absolute atomic E-state index is 1.10. The number of para-hydroxylation sites is 3. The second kappa shape index (κ2) is 12.5. The highest BCUT2D eigenvalue weighted by atomic mass is 15.1. The summed E-state index contributed by atoms with van der Waals surface area (Å²) < 4.78 is 2.47. The average molecular weight is 663 g/mol. The van der Waals surface area contributed by atoms with Crippen molar-refractivity contribution in [3.05, 3.63) is 206 Å². The van der Waals surface area contributed by atoms with E-state index in [2.05, 4.69) is 216 Å². The Morgan fingerprint density at radius 2 is 0.923 bits per heavy atom. The Kier molecular flexibility index (Phi) is 7.18. The second-order valence-electron chi connectivity index (χ2n) is 13.3. The van der Waals surface area contributed by atoms with Crippen LogP contribution in [0.4, 0.5) is 17.1 Å². The number of nitrogens with zero attached hydrogens (tertiary/aromatic N) is 2. The summed E-state index contributed by atoms with van der Waals surface area (Å²) in [6.45, 7) is 0. The first-order valence-corrected chi connectivity index (χ1v) is 17.9. The Morgan fingerprint density at radius 1 is 0.327 bits per heavy atom. The summed E-state index contributed by atoms with van der Waals surface area (Å²) in [5.74, 6) is 0. The average Bonchev–Trinajstić information content (AvgIpc) is 3.55. The number of anilines is 3. The van der Waals surface area contributed by atoms with E-state index in [1.807, 2.05) is 0 Å². The summed E-state index contributed by atoms with van der Waals surface area (Å²) in [6.07, 6.45) is 0. The van der Waals surface area contributed by atoms with Crippen molar-refractivity contribution in [1.29, 1.82) is 0 Å². The van der Waals surface area contributed by atoms with Crippen molar-refractivity contribution in [3.8, 4) is 27.9 Å². The van der Waals surface area contributed by atoms with Crippen LogP contribution in [0.15, 0.2) is 206 Å². The molecule has 1 heterocycles. The monoisotopic (exact) mass is 662 g/mol. The lowest BCUT2D eigenvalue weighted by Gasteiger charge is -2.28. The Hall–Kier alpha value is -6.90. The molecular formula is C50H34N2. The lowest BCUT2D eigenvalue weighted by molar-refractivity contribution is 1.18. The van der Waals surface area contributed by atoms with Gasteiger partial charge in [0.2, 0.25) is 0 Å². The van der Waals surface area contributed by atoms with Crippen molar-refractivity contribution in [3.63, 3.8) is 0 Å². The van der Waals surface area contributed by atoms with Gasteiger partial charge in [0, 0.05) is 33.3 Å². The maximum absolute atomic E-state index is 2.47.